The summed E-state index contributed by atoms with van der Waals surface area (Å²) in [6, 6.07) is 0. The summed E-state index contributed by atoms with van der Waals surface area (Å²) < 4.78 is 22.9. The third-order valence-electron chi connectivity index (χ3n) is 17.3. The van der Waals surface area contributed by atoms with Gasteiger partial charge in [-0.25, -0.2) is 0 Å². The zero-order chi connectivity index (χ0) is 71.8. The topological polar surface area (TPSA) is 111 Å². The lowest BCUT2D eigenvalue weighted by Crippen LogP contribution is -2.44. The molecular formula is C90H151NO8. The van der Waals surface area contributed by atoms with Gasteiger partial charge >= 0.3 is 11.9 Å². The quantitative estimate of drug-likeness (QED) is 0.0195. The Kier molecular flexibility index (Phi) is 74.6. The molecule has 9 nitrogen and oxygen atoms in total. The van der Waals surface area contributed by atoms with Gasteiger partial charge in [0.05, 0.1) is 40.3 Å². The molecule has 0 heterocycles. The maximum atomic E-state index is 13.0. The summed E-state index contributed by atoms with van der Waals surface area (Å²) in [6.07, 6.45) is 114. The minimum absolute atomic E-state index is 0.144. The summed E-state index contributed by atoms with van der Waals surface area (Å²) in [7, 11) is 5.94. The van der Waals surface area contributed by atoms with Crippen molar-refractivity contribution in [2.24, 2.45) is 0 Å². The van der Waals surface area contributed by atoms with E-state index < -0.39 is 24.3 Å². The molecule has 2 unspecified atom stereocenters. The van der Waals surface area contributed by atoms with E-state index in [2.05, 4.69) is 172 Å². The molecule has 0 aromatic heterocycles. The summed E-state index contributed by atoms with van der Waals surface area (Å²) in [4.78, 5) is 37.6. The zero-order valence-corrected chi connectivity index (χ0v) is 64.6. The Morgan fingerprint density at radius 3 is 0.808 bits per heavy atom. The van der Waals surface area contributed by atoms with Crippen LogP contribution in [0.4, 0.5) is 0 Å². The molecule has 0 aliphatic carbocycles. The van der Waals surface area contributed by atoms with E-state index in [4.69, 9.17) is 18.9 Å². The van der Waals surface area contributed by atoms with Crippen LogP contribution in [-0.2, 0) is 33.3 Å². The lowest BCUT2D eigenvalue weighted by atomic mass is 10.0. The third kappa shape index (κ3) is 80.1. The maximum absolute atomic E-state index is 13.0. The molecule has 0 radical (unpaired) electrons. The Labute approximate surface area is 610 Å². The summed E-state index contributed by atoms with van der Waals surface area (Å²) in [6.45, 7) is 4.54. The van der Waals surface area contributed by atoms with E-state index >= 15 is 0 Å². The maximum Gasteiger partial charge on any atom is 0.306 e. The second kappa shape index (κ2) is 78.6. The normalized spacial score (nSPS) is 13.5. The molecule has 2 atom stereocenters. The van der Waals surface area contributed by atoms with E-state index in [9.17, 15) is 19.5 Å². The standard InChI is InChI=1S/C90H151NO8/c1-6-8-10-12-14-16-18-20-22-24-26-28-30-32-34-36-38-40-41-42-43-44-45-46-47-49-51-53-55-57-59-61-63-65-67-69-71-73-75-77-79-81-88(93)99-86(85-98-90(89(94)95)96-83-82-91(3,4)5)84-97-87(92)80-78-76-74-72-70-68-66-64-62-60-58-56-54-52-50-48-39-37-35-33-31-29-27-25-23-21-19-17-15-13-11-9-7-2/h8-11,14-17,20-23,26-29,32-35,38-40,42-43,48,86,90H,6-7,12-13,18-19,24-25,30-31,36-37,41,44-47,49-85H2,1-5H3/b10-8-,11-9-,16-14-,17-15-,22-20-,23-21-,28-26-,29-27-,34-32-,35-33-,40-38-,43-42-,48-39-. The predicted molar refractivity (Wildman–Crippen MR) is 425 cm³/mol. The number of unbranched alkanes of at least 4 members (excludes halogenated alkanes) is 33. The molecule has 0 N–H and O–H groups in total. The first-order chi connectivity index (χ1) is 48.6. The molecule has 0 rings (SSSR count). The highest BCUT2D eigenvalue weighted by Gasteiger charge is 2.22. The van der Waals surface area contributed by atoms with Crippen molar-refractivity contribution >= 4 is 17.9 Å². The number of quaternary nitrogens is 1. The molecule has 0 bridgehead atoms. The molecule has 99 heavy (non-hydrogen) atoms. The largest absolute Gasteiger partial charge is 0.545 e. The number of allylic oxidation sites excluding steroid dienone is 26. The molecule has 9 heteroatoms. The van der Waals surface area contributed by atoms with Crippen LogP contribution in [0.2, 0.25) is 0 Å². The Morgan fingerprint density at radius 2 is 0.545 bits per heavy atom. The van der Waals surface area contributed by atoms with E-state index in [-0.39, 0.29) is 38.6 Å². The monoisotopic (exact) mass is 1370 g/mol. The van der Waals surface area contributed by atoms with Gasteiger partial charge in [0.15, 0.2) is 12.4 Å². The lowest BCUT2D eigenvalue weighted by Gasteiger charge is -2.26. The average Bonchev–Trinajstić information content (AvgIpc) is 2.62. The smallest absolute Gasteiger partial charge is 0.306 e. The number of hydrogen-bond acceptors (Lipinski definition) is 8. The van der Waals surface area contributed by atoms with Gasteiger partial charge in [0.2, 0.25) is 0 Å². The molecule has 0 aromatic carbocycles. The van der Waals surface area contributed by atoms with Crippen LogP contribution in [0.3, 0.4) is 0 Å². The number of carboxylic acid groups (broad SMARTS) is 1. The zero-order valence-electron chi connectivity index (χ0n) is 64.6. The van der Waals surface area contributed by atoms with Crippen molar-refractivity contribution < 1.29 is 42.9 Å². The van der Waals surface area contributed by atoms with Crippen molar-refractivity contribution in [3.05, 3.63) is 158 Å². The number of carbonyl (C=O) groups excluding carboxylic acids is 3. The van der Waals surface area contributed by atoms with Crippen LogP contribution >= 0.6 is 0 Å². The van der Waals surface area contributed by atoms with Gasteiger partial charge in [0, 0.05) is 12.8 Å². The Morgan fingerprint density at radius 1 is 0.303 bits per heavy atom. The summed E-state index contributed by atoms with van der Waals surface area (Å²) in [5.74, 6) is -2.28. The Balaban J connectivity index is 4.03. The van der Waals surface area contributed by atoms with Gasteiger partial charge < -0.3 is 33.3 Å². The number of rotatable bonds is 74. The van der Waals surface area contributed by atoms with Crippen molar-refractivity contribution in [2.75, 3.05) is 47.5 Å². The highest BCUT2D eigenvalue weighted by molar-refractivity contribution is 5.70. The highest BCUT2D eigenvalue weighted by atomic mass is 16.7. The van der Waals surface area contributed by atoms with E-state index in [1.165, 1.54) is 180 Å². The number of carboxylic acids is 1. The van der Waals surface area contributed by atoms with E-state index in [0.29, 0.717) is 17.4 Å². The van der Waals surface area contributed by atoms with Gasteiger partial charge in [-0.2, -0.15) is 0 Å². The van der Waals surface area contributed by atoms with E-state index in [1.54, 1.807) is 0 Å². The second-order valence-corrected chi connectivity index (χ2v) is 27.9. The van der Waals surface area contributed by atoms with Gasteiger partial charge in [-0.3, -0.25) is 9.59 Å². The Hall–Kier alpha value is -5.09. The third-order valence-corrected chi connectivity index (χ3v) is 17.3. The molecular weight excluding hydrogens is 1220 g/mol. The first kappa shape index (κ1) is 93.9. The van der Waals surface area contributed by atoms with Crippen molar-refractivity contribution in [3.8, 4) is 0 Å². The van der Waals surface area contributed by atoms with Gasteiger partial charge in [0.25, 0.3) is 0 Å². The molecule has 0 aliphatic rings. The van der Waals surface area contributed by atoms with Crippen LogP contribution < -0.4 is 5.11 Å². The van der Waals surface area contributed by atoms with Crippen LogP contribution in [0.25, 0.3) is 0 Å². The number of esters is 2. The Bertz CT molecular complexity index is 2200. The number of ether oxygens (including phenoxy) is 4. The molecule has 564 valence electrons. The number of likely N-dealkylation sites (N-methyl/N-ethyl adjacent to an activating group) is 1. The molecule has 0 fully saturated rings. The van der Waals surface area contributed by atoms with Crippen LogP contribution in [0.1, 0.15) is 335 Å². The van der Waals surface area contributed by atoms with E-state index in [0.717, 1.165) is 122 Å². The van der Waals surface area contributed by atoms with Crippen molar-refractivity contribution in [3.63, 3.8) is 0 Å². The predicted octanol–water partition coefficient (Wildman–Crippen LogP) is 25.0. The van der Waals surface area contributed by atoms with Crippen molar-refractivity contribution in [1.29, 1.82) is 0 Å². The number of hydrogen-bond donors (Lipinski definition) is 0. The van der Waals surface area contributed by atoms with Gasteiger partial charge in [0.1, 0.15) is 13.2 Å². The van der Waals surface area contributed by atoms with Crippen LogP contribution in [0.5, 0.6) is 0 Å². The van der Waals surface area contributed by atoms with Gasteiger partial charge in [-0.05, 0) is 122 Å². The van der Waals surface area contributed by atoms with Gasteiger partial charge in [-0.1, -0.05) is 358 Å². The van der Waals surface area contributed by atoms with E-state index in [1.807, 2.05) is 21.1 Å². The van der Waals surface area contributed by atoms with Crippen LogP contribution in [0.15, 0.2) is 158 Å². The fraction of sp³-hybridized carbons (Fsp3) is 0.678. The molecule has 0 aromatic rings. The van der Waals surface area contributed by atoms with Crippen molar-refractivity contribution in [2.45, 2.75) is 347 Å². The number of aliphatic carboxylic acids is 1. The number of nitrogens with zero attached hydrogens (tertiary/aromatic N) is 1. The van der Waals surface area contributed by atoms with Gasteiger partial charge in [-0.15, -0.1) is 0 Å². The summed E-state index contributed by atoms with van der Waals surface area (Å²) >= 11 is 0. The lowest BCUT2D eigenvalue weighted by molar-refractivity contribution is -0.870. The highest BCUT2D eigenvalue weighted by Crippen LogP contribution is 2.18. The summed E-state index contributed by atoms with van der Waals surface area (Å²) in [5.41, 5.74) is 0. The number of carbonyl (C=O) groups is 3. The first-order valence-electron chi connectivity index (χ1n) is 40.6. The molecule has 0 amide bonds. The van der Waals surface area contributed by atoms with Crippen molar-refractivity contribution in [1.82, 2.24) is 0 Å². The summed E-state index contributed by atoms with van der Waals surface area (Å²) in [5, 5.41) is 11.9. The fourth-order valence-electron chi connectivity index (χ4n) is 11.2. The fourth-order valence-corrected chi connectivity index (χ4v) is 11.2. The first-order valence-corrected chi connectivity index (χ1v) is 40.6. The molecule has 0 aliphatic heterocycles. The average molecular weight is 1380 g/mol. The SMILES string of the molecule is CC/C=C\C/C=C\C/C=C\C/C=C\C/C=C\C/C=C\C/C=C\CCCCCCCCCCCCCCCCCCCCCC(=O)OC(COC(=O)CCCCCCCCCCCCCCCC/C=C\C/C=C\C/C=C\C/C=C\C/C=C\C/C=C\CC)COC(OCC[N+](C)(C)C)C(=O)[O-]. The second-order valence-electron chi connectivity index (χ2n) is 27.9. The molecule has 0 saturated heterocycles. The molecule has 0 spiro atoms. The minimum Gasteiger partial charge on any atom is -0.545 e. The van der Waals surface area contributed by atoms with Crippen LogP contribution in [-0.4, -0.2) is 82.3 Å². The minimum atomic E-state index is -1.63. The molecule has 0 saturated carbocycles. The van der Waals surface area contributed by atoms with Crippen LogP contribution in [0, 0.1) is 0 Å².